The van der Waals surface area contributed by atoms with Crippen molar-refractivity contribution in [3.8, 4) is 11.1 Å². The molecule has 2 aromatic rings. The number of rotatable bonds is 1. The summed E-state index contributed by atoms with van der Waals surface area (Å²) >= 11 is 0. The van der Waals surface area contributed by atoms with E-state index in [9.17, 15) is 0 Å². The molecule has 0 fully saturated rings. The molecule has 0 atom stereocenters. The van der Waals surface area contributed by atoms with Gasteiger partial charge in [0.2, 0.25) is 0 Å². The summed E-state index contributed by atoms with van der Waals surface area (Å²) in [6.07, 6.45) is 0. The van der Waals surface area contributed by atoms with Crippen molar-refractivity contribution < 1.29 is 17.0 Å². The van der Waals surface area contributed by atoms with Crippen molar-refractivity contribution in [1.82, 2.24) is 0 Å². The maximum atomic E-state index is 3.07. The number of benzene rings is 2. The van der Waals surface area contributed by atoms with Gasteiger partial charge in [-0.15, -0.1) is 5.56 Å². The first-order valence-corrected chi connectivity index (χ1v) is 4.40. The maximum Gasteiger partial charge on any atom is 2.00 e. The van der Waals surface area contributed by atoms with Gasteiger partial charge in [-0.1, -0.05) is 37.3 Å². The van der Waals surface area contributed by atoms with Crippen LogP contribution in [0.1, 0.15) is 5.56 Å². The third-order valence-corrected chi connectivity index (χ3v) is 2.16. The predicted molar refractivity (Wildman–Crippen MR) is 61.2 cm³/mol. The Morgan fingerprint density at radius 1 is 1.00 bits per heavy atom. The van der Waals surface area contributed by atoms with E-state index in [0.29, 0.717) is 0 Å². The Morgan fingerprint density at radius 2 is 1.67 bits per heavy atom. The van der Waals surface area contributed by atoms with Crippen molar-refractivity contribution in [3.05, 3.63) is 60.2 Å². The predicted octanol–water partition coefficient (Wildman–Crippen LogP) is 0.0854. The molecule has 0 heterocycles. The molecule has 0 saturated heterocycles. The zero-order valence-corrected chi connectivity index (χ0v) is 11.7. The van der Waals surface area contributed by atoms with Crippen molar-refractivity contribution in [2.24, 2.45) is 0 Å². The second kappa shape index (κ2) is 7.04. The third kappa shape index (κ3) is 3.63. The van der Waals surface area contributed by atoms with Crippen LogP contribution >= 0.6 is 0 Å². The summed E-state index contributed by atoms with van der Waals surface area (Å²) in [6, 6.07) is 19.6. The zero-order chi connectivity index (χ0) is 9.10. The van der Waals surface area contributed by atoms with Gasteiger partial charge in [-0.25, -0.2) is 0 Å². The molecule has 0 saturated carbocycles. The average Bonchev–Trinajstić information content (AvgIpc) is 2.20. The van der Waals surface area contributed by atoms with Crippen LogP contribution in [0.3, 0.4) is 0 Å². The van der Waals surface area contributed by atoms with Gasteiger partial charge in [0.15, 0.2) is 0 Å². The molecule has 0 aliphatic carbocycles. The van der Waals surface area contributed by atoms with E-state index in [2.05, 4.69) is 43.3 Å². The van der Waals surface area contributed by atoms with Gasteiger partial charge in [0.05, 0.1) is 0 Å². The van der Waals surface area contributed by atoms with E-state index in [4.69, 9.17) is 0 Å². The molecule has 2 rings (SSSR count). The van der Waals surface area contributed by atoms with Crippen LogP contribution in [0.4, 0.5) is 0 Å². The van der Waals surface area contributed by atoms with Crippen molar-refractivity contribution >= 4 is 23.1 Å². The molecule has 0 spiro atoms. The van der Waals surface area contributed by atoms with E-state index in [1.165, 1.54) is 16.7 Å². The second-order valence-electron chi connectivity index (χ2n) is 3.11. The third-order valence-electron chi connectivity index (χ3n) is 2.16. The van der Waals surface area contributed by atoms with Crippen molar-refractivity contribution in [1.29, 1.82) is 0 Å². The van der Waals surface area contributed by atoms with Crippen molar-refractivity contribution in [2.45, 2.75) is 6.92 Å². The van der Waals surface area contributed by atoms with Crippen LogP contribution in [0.2, 0.25) is 0 Å². The van der Waals surface area contributed by atoms with Crippen LogP contribution < -0.4 is 17.0 Å². The summed E-state index contributed by atoms with van der Waals surface area (Å²) in [5.74, 6) is 0. The number of aryl methyl sites for hydroxylation is 1. The van der Waals surface area contributed by atoms with E-state index in [0.717, 1.165) is 0 Å². The summed E-state index contributed by atoms with van der Waals surface area (Å²) < 4.78 is 0. The minimum atomic E-state index is 0. The fourth-order valence-corrected chi connectivity index (χ4v) is 1.46. The molecule has 0 aromatic heterocycles. The Labute approximate surface area is 118 Å². The molecule has 15 heavy (non-hydrogen) atoms. The van der Waals surface area contributed by atoms with E-state index in [-0.39, 0.29) is 40.0 Å². The van der Waals surface area contributed by atoms with Gasteiger partial charge in [-0.05, 0) is 5.56 Å². The van der Waals surface area contributed by atoms with Crippen molar-refractivity contribution in [3.63, 3.8) is 0 Å². The van der Waals surface area contributed by atoms with Crippen LogP contribution in [-0.2, 0) is 0 Å². The number of hydrogen-bond donors (Lipinski definition) is 0. The normalized spacial score (nSPS) is 8.60. The Kier molecular flexibility index (Phi) is 6.89. The van der Waals surface area contributed by atoms with Gasteiger partial charge in [0, 0.05) is 0 Å². The summed E-state index contributed by atoms with van der Waals surface area (Å²) in [4.78, 5) is 0. The Bertz CT molecular complexity index is 398. The van der Waals surface area contributed by atoms with Crippen LogP contribution in [0.15, 0.2) is 48.5 Å². The molecule has 0 N–H and O–H groups in total. The number of halogens is 1. The standard InChI is InChI=1S/C13H11.BrH.Mg/c1-11-7-5-6-10-13(11)12-8-3-2-4-9-12;;/h2-4,6-10H,1H3;1H;/q-1;;+2/p-1. The smallest absolute Gasteiger partial charge is 1.00 e. The molecule has 0 aliphatic heterocycles. The molecule has 2 aromatic carbocycles. The monoisotopic (exact) mass is 270 g/mol. The van der Waals surface area contributed by atoms with E-state index in [1.807, 2.05) is 18.2 Å². The largest absolute Gasteiger partial charge is 2.00 e. The SMILES string of the molecule is Cc1c[c-]ccc1-c1ccccc1.[Br-].[Mg+2]. The van der Waals surface area contributed by atoms with Gasteiger partial charge in [-0.3, -0.25) is 0 Å². The molecule has 0 nitrogen and oxygen atoms in total. The summed E-state index contributed by atoms with van der Waals surface area (Å²) in [5, 5.41) is 0. The van der Waals surface area contributed by atoms with Crippen LogP contribution in [0, 0.1) is 13.0 Å². The molecule has 2 heteroatoms. The summed E-state index contributed by atoms with van der Waals surface area (Å²) in [5.41, 5.74) is 3.84. The molecular formula is C13H11BrMg. The molecular weight excluding hydrogens is 260 g/mol. The first-order valence-electron chi connectivity index (χ1n) is 4.40. The molecule has 0 unspecified atom stereocenters. The van der Waals surface area contributed by atoms with Crippen LogP contribution in [0.25, 0.3) is 11.1 Å². The van der Waals surface area contributed by atoms with Crippen molar-refractivity contribution in [2.75, 3.05) is 0 Å². The maximum absolute atomic E-state index is 3.07. The minimum Gasteiger partial charge on any atom is -1.00 e. The Hall–Kier alpha value is -0.314. The van der Waals surface area contributed by atoms with Gasteiger partial charge in [0.1, 0.15) is 0 Å². The quantitative estimate of drug-likeness (QED) is 0.509. The van der Waals surface area contributed by atoms with Gasteiger partial charge >= 0.3 is 23.1 Å². The van der Waals surface area contributed by atoms with Gasteiger partial charge in [0.25, 0.3) is 0 Å². The molecule has 0 bridgehead atoms. The van der Waals surface area contributed by atoms with E-state index in [1.54, 1.807) is 0 Å². The van der Waals surface area contributed by atoms with E-state index < -0.39 is 0 Å². The second-order valence-corrected chi connectivity index (χ2v) is 3.11. The topological polar surface area (TPSA) is 0 Å². The summed E-state index contributed by atoms with van der Waals surface area (Å²) in [7, 11) is 0. The fraction of sp³-hybridized carbons (Fsp3) is 0.0769. The first-order chi connectivity index (χ1) is 6.38. The summed E-state index contributed by atoms with van der Waals surface area (Å²) in [6.45, 7) is 2.11. The number of hydrogen-bond acceptors (Lipinski definition) is 0. The fourth-order valence-electron chi connectivity index (χ4n) is 1.46. The van der Waals surface area contributed by atoms with E-state index >= 15 is 0 Å². The zero-order valence-electron chi connectivity index (χ0n) is 8.70. The average molecular weight is 271 g/mol. The molecule has 0 radical (unpaired) electrons. The molecule has 72 valence electrons. The molecule has 0 amide bonds. The first kappa shape index (κ1) is 14.7. The minimum absolute atomic E-state index is 0. The van der Waals surface area contributed by atoms with Crippen LogP contribution in [-0.4, -0.2) is 23.1 Å². The van der Waals surface area contributed by atoms with Gasteiger partial charge in [-0.2, -0.15) is 29.8 Å². The van der Waals surface area contributed by atoms with Gasteiger partial charge < -0.3 is 17.0 Å². The Morgan fingerprint density at radius 3 is 2.27 bits per heavy atom. The Balaban J connectivity index is 0.000000980. The molecule has 0 aliphatic rings. The van der Waals surface area contributed by atoms with Crippen LogP contribution in [0.5, 0.6) is 0 Å².